The van der Waals surface area contributed by atoms with Crippen molar-refractivity contribution >= 4 is 17.5 Å². The van der Waals surface area contributed by atoms with Crippen LogP contribution >= 0.6 is 0 Å². The summed E-state index contributed by atoms with van der Waals surface area (Å²) < 4.78 is 5.45. The molecule has 0 heterocycles. The lowest BCUT2D eigenvalue weighted by Crippen LogP contribution is -3.12. The molecule has 6 nitrogen and oxygen atoms in total. The molecule has 0 aliphatic heterocycles. The Morgan fingerprint density at radius 1 is 1.07 bits per heavy atom. The van der Waals surface area contributed by atoms with Crippen molar-refractivity contribution in [1.82, 2.24) is 5.32 Å². The van der Waals surface area contributed by atoms with Crippen molar-refractivity contribution in [2.45, 2.75) is 40.3 Å². The first-order valence-electron chi connectivity index (χ1n) is 9.99. The fourth-order valence-corrected chi connectivity index (χ4v) is 3.08. The third kappa shape index (κ3) is 6.61. The molecule has 0 saturated heterocycles. The van der Waals surface area contributed by atoms with Gasteiger partial charge in [0.15, 0.2) is 6.04 Å². The van der Waals surface area contributed by atoms with Crippen LogP contribution in [-0.2, 0) is 16.1 Å². The van der Waals surface area contributed by atoms with Gasteiger partial charge in [-0.3, -0.25) is 9.59 Å². The van der Waals surface area contributed by atoms with Crippen LogP contribution in [0, 0.1) is 13.8 Å². The fraction of sp³-hybridized carbons (Fsp3) is 0.391. The van der Waals surface area contributed by atoms with E-state index in [0.717, 1.165) is 33.0 Å². The second-order valence-electron chi connectivity index (χ2n) is 7.35. The molecule has 0 aliphatic rings. The summed E-state index contributed by atoms with van der Waals surface area (Å²) in [6.07, 6.45) is 0. The van der Waals surface area contributed by atoms with Crippen LogP contribution < -0.4 is 20.3 Å². The molecule has 156 valence electrons. The van der Waals surface area contributed by atoms with Crippen LogP contribution in [0.25, 0.3) is 0 Å². The van der Waals surface area contributed by atoms with E-state index in [9.17, 15) is 9.59 Å². The van der Waals surface area contributed by atoms with Crippen molar-refractivity contribution in [2.24, 2.45) is 0 Å². The van der Waals surface area contributed by atoms with Crippen molar-refractivity contribution in [3.05, 3.63) is 59.2 Å². The number of nitrogens with one attached hydrogen (secondary N) is 3. The van der Waals surface area contributed by atoms with Crippen LogP contribution in [0.2, 0.25) is 0 Å². The van der Waals surface area contributed by atoms with Gasteiger partial charge in [-0.05, 0) is 63.1 Å². The van der Waals surface area contributed by atoms with E-state index in [4.69, 9.17) is 4.74 Å². The highest BCUT2D eigenvalue weighted by molar-refractivity contribution is 5.96. The summed E-state index contributed by atoms with van der Waals surface area (Å²) in [4.78, 5) is 25.8. The number of benzene rings is 2. The van der Waals surface area contributed by atoms with Crippen LogP contribution in [0.5, 0.6) is 5.75 Å². The van der Waals surface area contributed by atoms with Gasteiger partial charge in [0.1, 0.15) is 12.3 Å². The second kappa shape index (κ2) is 10.6. The molecule has 3 N–H and O–H groups in total. The van der Waals surface area contributed by atoms with E-state index >= 15 is 0 Å². The lowest BCUT2D eigenvalue weighted by molar-refractivity contribution is -0.908. The summed E-state index contributed by atoms with van der Waals surface area (Å²) in [5.41, 5.74) is 3.92. The minimum atomic E-state index is -0.283. The van der Waals surface area contributed by atoms with Crippen LogP contribution in [-0.4, -0.2) is 38.1 Å². The molecule has 0 aromatic heterocycles. The fourth-order valence-electron chi connectivity index (χ4n) is 3.08. The Morgan fingerprint density at radius 3 is 2.28 bits per heavy atom. The molecule has 0 spiro atoms. The van der Waals surface area contributed by atoms with E-state index < -0.39 is 0 Å². The van der Waals surface area contributed by atoms with Crippen LogP contribution in [0.3, 0.4) is 0 Å². The van der Waals surface area contributed by atoms with E-state index in [0.29, 0.717) is 13.2 Å². The van der Waals surface area contributed by atoms with Crippen molar-refractivity contribution in [3.63, 3.8) is 0 Å². The van der Waals surface area contributed by atoms with Gasteiger partial charge in [0.05, 0.1) is 20.2 Å². The van der Waals surface area contributed by atoms with E-state index in [1.54, 1.807) is 0 Å². The van der Waals surface area contributed by atoms with Crippen LogP contribution in [0.4, 0.5) is 5.69 Å². The quantitative estimate of drug-likeness (QED) is 0.604. The maximum absolute atomic E-state index is 12.5. The molecular formula is C23H32N3O3+. The number of carbonyl (C=O) groups excluding carboxylic acids is 2. The van der Waals surface area contributed by atoms with E-state index in [1.807, 2.05) is 77.2 Å². The van der Waals surface area contributed by atoms with Gasteiger partial charge in [-0.1, -0.05) is 18.2 Å². The number of quaternary nitrogens is 1. The van der Waals surface area contributed by atoms with E-state index in [1.165, 1.54) is 0 Å². The molecule has 1 unspecified atom stereocenters. The highest BCUT2D eigenvalue weighted by atomic mass is 16.5. The first kappa shape index (κ1) is 22.4. The Hall–Kier alpha value is -2.86. The predicted octanol–water partition coefficient (Wildman–Crippen LogP) is 1.86. The van der Waals surface area contributed by atoms with Crippen molar-refractivity contribution in [1.29, 1.82) is 0 Å². The largest absolute Gasteiger partial charge is 0.494 e. The molecule has 2 aromatic carbocycles. The molecule has 2 aromatic rings. The Morgan fingerprint density at radius 2 is 1.69 bits per heavy atom. The summed E-state index contributed by atoms with van der Waals surface area (Å²) >= 11 is 0. The molecule has 0 saturated carbocycles. The number of hydrogen-bond donors (Lipinski definition) is 3. The van der Waals surface area contributed by atoms with Crippen molar-refractivity contribution < 1.29 is 19.2 Å². The SMILES string of the molecule is CCOc1ccc(C[NH+](C)[C@@H](C)C(=O)NCC(=O)Nc2c(C)cccc2C)cc1. The monoisotopic (exact) mass is 398 g/mol. The molecular weight excluding hydrogens is 366 g/mol. The average molecular weight is 399 g/mol. The molecule has 29 heavy (non-hydrogen) atoms. The Kier molecular flexibility index (Phi) is 8.21. The number of rotatable bonds is 9. The number of anilines is 1. The molecule has 2 atom stereocenters. The molecule has 0 radical (unpaired) electrons. The summed E-state index contributed by atoms with van der Waals surface area (Å²) in [5.74, 6) is 0.465. The molecule has 0 bridgehead atoms. The number of para-hydroxylation sites is 1. The number of carbonyl (C=O) groups is 2. The molecule has 0 fully saturated rings. The number of amides is 2. The van der Waals surface area contributed by atoms with Crippen LogP contribution in [0.1, 0.15) is 30.5 Å². The van der Waals surface area contributed by atoms with Crippen LogP contribution in [0.15, 0.2) is 42.5 Å². The second-order valence-corrected chi connectivity index (χ2v) is 7.35. The normalized spacial score (nSPS) is 12.7. The van der Waals surface area contributed by atoms with Gasteiger partial charge in [-0.15, -0.1) is 0 Å². The Bertz CT molecular complexity index is 814. The Labute approximate surface area is 173 Å². The molecule has 0 aliphatic carbocycles. The standard InChI is InChI=1S/C23H31N3O3/c1-6-29-20-12-10-19(11-13-20)15-26(5)18(4)23(28)24-14-21(27)25-22-16(2)8-7-9-17(22)3/h7-13,18H,6,14-15H2,1-5H3,(H,24,28)(H,25,27)/p+1/t18-/m0/s1. The molecule has 2 rings (SSSR count). The van der Waals surface area contributed by atoms with Crippen molar-refractivity contribution in [2.75, 3.05) is 25.5 Å². The van der Waals surface area contributed by atoms with Gasteiger partial charge in [0, 0.05) is 11.3 Å². The number of ether oxygens (including phenoxy) is 1. The smallest absolute Gasteiger partial charge is 0.278 e. The lowest BCUT2D eigenvalue weighted by Gasteiger charge is -2.21. The topological polar surface area (TPSA) is 71.9 Å². The van der Waals surface area contributed by atoms with Gasteiger partial charge < -0.3 is 20.3 Å². The highest BCUT2D eigenvalue weighted by Gasteiger charge is 2.22. The lowest BCUT2D eigenvalue weighted by atomic mass is 10.1. The maximum Gasteiger partial charge on any atom is 0.278 e. The summed E-state index contributed by atoms with van der Waals surface area (Å²) in [5, 5.41) is 5.63. The Balaban J connectivity index is 1.83. The van der Waals surface area contributed by atoms with E-state index in [-0.39, 0.29) is 24.4 Å². The molecule has 6 heteroatoms. The van der Waals surface area contributed by atoms with Gasteiger partial charge in [0.2, 0.25) is 5.91 Å². The summed E-state index contributed by atoms with van der Waals surface area (Å²) in [6, 6.07) is 13.5. The third-order valence-electron chi connectivity index (χ3n) is 5.02. The van der Waals surface area contributed by atoms with Gasteiger partial charge in [0.25, 0.3) is 5.91 Å². The number of aryl methyl sites for hydroxylation is 2. The van der Waals surface area contributed by atoms with Gasteiger partial charge in [-0.2, -0.15) is 0 Å². The average Bonchev–Trinajstić information content (AvgIpc) is 2.70. The number of hydrogen-bond acceptors (Lipinski definition) is 3. The maximum atomic E-state index is 12.5. The minimum absolute atomic E-state index is 0.0483. The minimum Gasteiger partial charge on any atom is -0.494 e. The first-order valence-corrected chi connectivity index (χ1v) is 9.99. The summed E-state index contributed by atoms with van der Waals surface area (Å²) in [6.45, 7) is 9.00. The zero-order valence-corrected chi connectivity index (χ0v) is 18.0. The molecule has 2 amide bonds. The first-order chi connectivity index (χ1) is 13.8. The van der Waals surface area contributed by atoms with Gasteiger partial charge in [-0.25, -0.2) is 0 Å². The zero-order chi connectivity index (χ0) is 21.4. The van der Waals surface area contributed by atoms with Gasteiger partial charge >= 0.3 is 0 Å². The highest BCUT2D eigenvalue weighted by Crippen LogP contribution is 2.19. The summed E-state index contributed by atoms with van der Waals surface area (Å²) in [7, 11) is 1.97. The number of likely N-dealkylation sites (N-methyl/N-ethyl adjacent to an activating group) is 1. The zero-order valence-electron chi connectivity index (χ0n) is 18.0. The third-order valence-corrected chi connectivity index (χ3v) is 5.02. The van der Waals surface area contributed by atoms with E-state index in [2.05, 4.69) is 10.6 Å². The van der Waals surface area contributed by atoms with Crippen molar-refractivity contribution in [3.8, 4) is 5.75 Å². The predicted molar refractivity (Wildman–Crippen MR) is 115 cm³/mol.